The smallest absolute Gasteiger partial charge is 0.337 e. The summed E-state index contributed by atoms with van der Waals surface area (Å²) in [5.74, 6) is 0.940. The van der Waals surface area contributed by atoms with E-state index in [1.165, 1.54) is 0 Å². The zero-order chi connectivity index (χ0) is 16.0. The van der Waals surface area contributed by atoms with E-state index in [0.717, 1.165) is 21.8 Å². The standard InChI is InChI=1S/C17H15NO4S/c1-20-9-6-10-14(12(7-9)21-2)16(13-4-3-5-23-13)15-11(18-10)8-22-17(15)19/h3-7,16,18H,8H2,1-2H3/t16-/m0/s1. The van der Waals surface area contributed by atoms with Crippen molar-refractivity contribution in [2.75, 3.05) is 26.1 Å². The van der Waals surface area contributed by atoms with Crippen LogP contribution in [0.25, 0.3) is 0 Å². The van der Waals surface area contributed by atoms with Crippen LogP contribution in [0.15, 0.2) is 40.9 Å². The van der Waals surface area contributed by atoms with Crippen LogP contribution in [0.1, 0.15) is 16.4 Å². The fraction of sp³-hybridized carbons (Fsp3) is 0.235. The molecule has 1 aromatic carbocycles. The van der Waals surface area contributed by atoms with Crippen LogP contribution in [-0.2, 0) is 9.53 Å². The predicted octanol–water partition coefficient (Wildman–Crippen LogP) is 3.13. The summed E-state index contributed by atoms with van der Waals surface area (Å²) in [7, 11) is 3.24. The molecule has 1 atom stereocenters. The van der Waals surface area contributed by atoms with Gasteiger partial charge in [-0.2, -0.15) is 0 Å². The number of ether oxygens (including phenoxy) is 3. The lowest BCUT2D eigenvalue weighted by molar-refractivity contribution is -0.136. The van der Waals surface area contributed by atoms with Gasteiger partial charge in [0.25, 0.3) is 0 Å². The molecule has 0 amide bonds. The van der Waals surface area contributed by atoms with Gasteiger partial charge in [0.05, 0.1) is 31.4 Å². The molecule has 6 heteroatoms. The van der Waals surface area contributed by atoms with Crippen molar-refractivity contribution in [1.82, 2.24) is 0 Å². The summed E-state index contributed by atoms with van der Waals surface area (Å²) in [6.45, 7) is 0.273. The molecule has 23 heavy (non-hydrogen) atoms. The number of rotatable bonds is 3. The highest BCUT2D eigenvalue weighted by Crippen LogP contribution is 2.50. The summed E-state index contributed by atoms with van der Waals surface area (Å²) in [6, 6.07) is 7.78. The molecule has 2 aliphatic rings. The molecule has 0 fully saturated rings. The third-order valence-corrected chi connectivity index (χ3v) is 5.09. The van der Waals surface area contributed by atoms with E-state index in [4.69, 9.17) is 14.2 Å². The molecule has 0 unspecified atom stereocenters. The van der Waals surface area contributed by atoms with Gasteiger partial charge >= 0.3 is 5.97 Å². The predicted molar refractivity (Wildman–Crippen MR) is 87.3 cm³/mol. The lowest BCUT2D eigenvalue weighted by Crippen LogP contribution is -2.20. The van der Waals surface area contributed by atoms with E-state index >= 15 is 0 Å². The van der Waals surface area contributed by atoms with Gasteiger partial charge in [0, 0.05) is 28.3 Å². The van der Waals surface area contributed by atoms with Gasteiger partial charge in [-0.05, 0) is 11.4 Å². The van der Waals surface area contributed by atoms with Crippen molar-refractivity contribution in [1.29, 1.82) is 0 Å². The Morgan fingerprint density at radius 3 is 2.87 bits per heavy atom. The van der Waals surface area contributed by atoms with Crippen molar-refractivity contribution in [3.05, 3.63) is 51.4 Å². The normalized spacial score (nSPS) is 18.9. The first-order chi connectivity index (χ1) is 11.2. The molecule has 0 saturated carbocycles. The summed E-state index contributed by atoms with van der Waals surface area (Å²) in [4.78, 5) is 13.4. The first-order valence-corrected chi connectivity index (χ1v) is 8.07. The molecule has 1 N–H and O–H groups in total. The number of hydrogen-bond donors (Lipinski definition) is 1. The number of cyclic esters (lactones) is 1. The number of methoxy groups -OCH3 is 2. The molecule has 3 heterocycles. The van der Waals surface area contributed by atoms with Crippen LogP contribution in [0.3, 0.4) is 0 Å². The van der Waals surface area contributed by atoms with Gasteiger partial charge in [0.1, 0.15) is 18.1 Å². The van der Waals surface area contributed by atoms with Crippen molar-refractivity contribution in [3.63, 3.8) is 0 Å². The highest BCUT2D eigenvalue weighted by atomic mass is 32.1. The maximum absolute atomic E-state index is 12.3. The molecule has 0 saturated heterocycles. The Bertz CT molecular complexity index is 810. The summed E-state index contributed by atoms with van der Waals surface area (Å²) >= 11 is 1.62. The number of hydrogen-bond acceptors (Lipinski definition) is 6. The van der Waals surface area contributed by atoms with Crippen LogP contribution in [0, 0.1) is 0 Å². The number of fused-ring (bicyclic) bond motifs is 1. The van der Waals surface area contributed by atoms with E-state index < -0.39 is 0 Å². The van der Waals surface area contributed by atoms with Crippen molar-refractivity contribution in [2.24, 2.45) is 0 Å². The topological polar surface area (TPSA) is 56.8 Å². The molecule has 2 aliphatic heterocycles. The van der Waals surface area contributed by atoms with E-state index in [9.17, 15) is 4.79 Å². The molecule has 0 radical (unpaired) electrons. The van der Waals surface area contributed by atoms with Crippen molar-refractivity contribution >= 4 is 23.0 Å². The second-order valence-electron chi connectivity index (χ2n) is 5.33. The SMILES string of the molecule is COc1cc2c(c(OC)c1)[C@H](c1cccs1)C1=C(COC1=O)N2. The number of carbonyl (C=O) groups excluding carboxylic acids is 1. The molecule has 118 valence electrons. The molecule has 0 spiro atoms. The van der Waals surface area contributed by atoms with Crippen LogP contribution in [0.2, 0.25) is 0 Å². The van der Waals surface area contributed by atoms with Crippen LogP contribution in [0.4, 0.5) is 5.69 Å². The maximum atomic E-state index is 12.3. The lowest BCUT2D eigenvalue weighted by Gasteiger charge is -2.28. The first kappa shape index (κ1) is 14.1. The highest BCUT2D eigenvalue weighted by Gasteiger charge is 2.40. The van der Waals surface area contributed by atoms with Crippen LogP contribution < -0.4 is 14.8 Å². The van der Waals surface area contributed by atoms with Crippen molar-refractivity contribution in [3.8, 4) is 11.5 Å². The zero-order valence-electron chi connectivity index (χ0n) is 12.7. The number of thiophene rings is 1. The quantitative estimate of drug-likeness (QED) is 0.877. The third kappa shape index (κ3) is 2.09. The molecule has 4 rings (SSSR count). The maximum Gasteiger partial charge on any atom is 0.337 e. The molecular formula is C17H15NO4S. The van der Waals surface area contributed by atoms with Crippen LogP contribution in [0.5, 0.6) is 11.5 Å². The number of nitrogens with one attached hydrogen (secondary N) is 1. The number of carbonyl (C=O) groups is 1. The Balaban J connectivity index is 1.97. The fourth-order valence-corrected chi connectivity index (χ4v) is 3.99. The van der Waals surface area contributed by atoms with Gasteiger partial charge in [0.2, 0.25) is 0 Å². The van der Waals surface area contributed by atoms with Gasteiger partial charge in [-0.1, -0.05) is 6.07 Å². The van der Waals surface area contributed by atoms with E-state index in [0.29, 0.717) is 17.1 Å². The van der Waals surface area contributed by atoms with Crippen molar-refractivity contribution in [2.45, 2.75) is 5.92 Å². The minimum atomic E-state index is -0.269. The lowest BCUT2D eigenvalue weighted by atomic mass is 9.84. The molecule has 0 bridgehead atoms. The Morgan fingerprint density at radius 2 is 2.17 bits per heavy atom. The minimum absolute atomic E-state index is 0.183. The van der Waals surface area contributed by atoms with Crippen LogP contribution in [-0.4, -0.2) is 26.8 Å². The highest BCUT2D eigenvalue weighted by molar-refractivity contribution is 7.10. The van der Waals surface area contributed by atoms with Crippen molar-refractivity contribution < 1.29 is 19.0 Å². The van der Waals surface area contributed by atoms with Gasteiger partial charge in [-0.3, -0.25) is 0 Å². The Morgan fingerprint density at radius 1 is 1.30 bits per heavy atom. The third-order valence-electron chi connectivity index (χ3n) is 4.15. The number of benzene rings is 1. The zero-order valence-corrected chi connectivity index (χ0v) is 13.5. The summed E-state index contributed by atoms with van der Waals surface area (Å²) in [5.41, 5.74) is 3.31. The Hall–Kier alpha value is -2.47. The van der Waals surface area contributed by atoms with E-state index in [2.05, 4.69) is 5.32 Å². The van der Waals surface area contributed by atoms with Gasteiger partial charge in [0.15, 0.2) is 0 Å². The number of esters is 1. The summed E-state index contributed by atoms with van der Waals surface area (Å²) < 4.78 is 16.2. The fourth-order valence-electron chi connectivity index (χ4n) is 3.15. The van der Waals surface area contributed by atoms with E-state index in [-0.39, 0.29) is 18.5 Å². The molecule has 0 aliphatic carbocycles. The minimum Gasteiger partial charge on any atom is -0.497 e. The van der Waals surface area contributed by atoms with Crippen LogP contribution >= 0.6 is 11.3 Å². The largest absolute Gasteiger partial charge is 0.497 e. The van der Waals surface area contributed by atoms with Gasteiger partial charge in [-0.15, -0.1) is 11.3 Å². The van der Waals surface area contributed by atoms with Gasteiger partial charge in [-0.25, -0.2) is 4.79 Å². The second-order valence-corrected chi connectivity index (χ2v) is 6.31. The molecular weight excluding hydrogens is 314 g/mol. The summed E-state index contributed by atoms with van der Waals surface area (Å²) in [5, 5.41) is 5.32. The molecule has 5 nitrogen and oxygen atoms in total. The summed E-state index contributed by atoms with van der Waals surface area (Å²) in [6.07, 6.45) is 0. The monoisotopic (exact) mass is 329 g/mol. The average molecular weight is 329 g/mol. The Kier molecular flexibility index (Phi) is 3.27. The average Bonchev–Trinajstić information content (AvgIpc) is 3.22. The van der Waals surface area contributed by atoms with Gasteiger partial charge < -0.3 is 19.5 Å². The first-order valence-electron chi connectivity index (χ1n) is 7.19. The second kappa shape index (κ2) is 5.31. The molecule has 1 aromatic heterocycles. The van der Waals surface area contributed by atoms with E-state index in [1.54, 1.807) is 25.6 Å². The number of anilines is 1. The van der Waals surface area contributed by atoms with E-state index in [1.807, 2.05) is 29.6 Å². The Labute approximate surface area is 137 Å². The molecule has 2 aromatic rings.